The lowest BCUT2D eigenvalue weighted by Crippen LogP contribution is -2.28. The molecule has 0 heterocycles. The van der Waals surface area contributed by atoms with Crippen molar-refractivity contribution in [2.45, 2.75) is 70.0 Å². The molecule has 37 heavy (non-hydrogen) atoms. The Bertz CT molecular complexity index is 948. The van der Waals surface area contributed by atoms with E-state index in [1.165, 1.54) is 56.9 Å². The lowest BCUT2D eigenvalue weighted by molar-refractivity contribution is 0.0955. The van der Waals surface area contributed by atoms with Gasteiger partial charge in [-0.3, -0.25) is 19.3 Å². The zero-order valence-corrected chi connectivity index (χ0v) is 22.9. The number of hydrogen-bond donors (Lipinski definition) is 3. The van der Waals surface area contributed by atoms with Gasteiger partial charge in [0.15, 0.2) is 0 Å². The Morgan fingerprint density at radius 1 is 0.784 bits per heavy atom. The Labute approximate surface area is 222 Å². The third-order valence-electron chi connectivity index (χ3n) is 7.12. The number of rotatable bonds is 7. The number of hydrogen-bond acceptors (Lipinski definition) is 5. The van der Waals surface area contributed by atoms with Crippen molar-refractivity contribution < 1.29 is 14.4 Å². The summed E-state index contributed by atoms with van der Waals surface area (Å²) in [6.07, 6.45) is 11.8. The van der Waals surface area contributed by atoms with Crippen molar-refractivity contribution in [2.24, 2.45) is 0 Å². The monoisotopic (exact) mass is 508 g/mol. The lowest BCUT2D eigenvalue weighted by atomic mass is 10.1. The number of aldehydes is 1. The molecule has 0 radical (unpaired) electrons. The van der Waals surface area contributed by atoms with Crippen LogP contribution in [0.3, 0.4) is 0 Å². The fourth-order valence-corrected chi connectivity index (χ4v) is 4.74. The Balaban J connectivity index is 0.000000217. The van der Waals surface area contributed by atoms with Crippen molar-refractivity contribution in [1.82, 2.24) is 20.9 Å². The van der Waals surface area contributed by atoms with Crippen molar-refractivity contribution in [2.75, 3.05) is 28.2 Å². The molecule has 2 saturated carbocycles. The molecule has 0 aliphatic heterocycles. The van der Waals surface area contributed by atoms with Crippen molar-refractivity contribution >= 4 is 18.1 Å². The van der Waals surface area contributed by atoms with Crippen LogP contribution in [0, 0.1) is 0 Å². The Morgan fingerprint density at radius 2 is 1.24 bits per heavy atom. The summed E-state index contributed by atoms with van der Waals surface area (Å²) < 4.78 is 0. The van der Waals surface area contributed by atoms with Gasteiger partial charge in [0.1, 0.15) is 6.29 Å². The summed E-state index contributed by atoms with van der Waals surface area (Å²) >= 11 is 0. The molecule has 202 valence electrons. The van der Waals surface area contributed by atoms with Gasteiger partial charge in [0, 0.05) is 49.4 Å². The second-order valence-electron chi connectivity index (χ2n) is 9.72. The van der Waals surface area contributed by atoms with Gasteiger partial charge < -0.3 is 16.0 Å². The average molecular weight is 509 g/mol. The summed E-state index contributed by atoms with van der Waals surface area (Å²) in [6, 6.07) is 15.9. The van der Waals surface area contributed by atoms with Crippen LogP contribution in [0.15, 0.2) is 48.5 Å². The van der Waals surface area contributed by atoms with Crippen molar-refractivity contribution in [3.8, 4) is 0 Å². The van der Waals surface area contributed by atoms with Crippen LogP contribution in [-0.4, -0.2) is 63.3 Å². The van der Waals surface area contributed by atoms with Crippen LogP contribution >= 0.6 is 0 Å². The normalized spacial score (nSPS) is 15.3. The molecule has 2 aliphatic rings. The molecule has 4 rings (SSSR count). The molecule has 2 fully saturated rings. The largest absolute Gasteiger partial charge is 0.355 e. The highest BCUT2D eigenvalue weighted by molar-refractivity contribution is 5.94. The molecule has 2 aromatic carbocycles. The summed E-state index contributed by atoms with van der Waals surface area (Å²) in [4.78, 5) is 35.1. The third kappa shape index (κ3) is 10.5. The molecule has 0 unspecified atom stereocenters. The van der Waals surface area contributed by atoms with Gasteiger partial charge >= 0.3 is 0 Å². The van der Waals surface area contributed by atoms with E-state index in [0.29, 0.717) is 11.1 Å². The molecule has 7 nitrogen and oxygen atoms in total. The molecule has 2 aliphatic carbocycles. The molecular weight excluding hydrogens is 464 g/mol. The minimum absolute atomic E-state index is 0.0225. The minimum Gasteiger partial charge on any atom is -0.355 e. The van der Waals surface area contributed by atoms with Gasteiger partial charge in [0.2, 0.25) is 0 Å². The lowest BCUT2D eigenvalue weighted by Gasteiger charge is -2.24. The second-order valence-corrected chi connectivity index (χ2v) is 9.72. The van der Waals surface area contributed by atoms with Crippen molar-refractivity contribution in [3.63, 3.8) is 0 Å². The van der Waals surface area contributed by atoms with Gasteiger partial charge in [-0.1, -0.05) is 49.9 Å². The predicted molar refractivity (Wildman–Crippen MR) is 150 cm³/mol. The Hall–Kier alpha value is -3.03. The number of carbonyl (C=O) groups excluding carboxylic acids is 3. The van der Waals surface area contributed by atoms with Crippen LogP contribution < -0.4 is 16.0 Å². The van der Waals surface area contributed by atoms with E-state index in [1.54, 1.807) is 38.4 Å². The number of nitrogens with zero attached hydrogens (tertiary/aromatic N) is 1. The van der Waals surface area contributed by atoms with E-state index in [1.807, 2.05) is 12.1 Å². The summed E-state index contributed by atoms with van der Waals surface area (Å²) in [5.74, 6) is -0.168. The number of benzene rings is 2. The quantitative estimate of drug-likeness (QED) is 0.482. The first-order chi connectivity index (χ1) is 17.9. The summed E-state index contributed by atoms with van der Waals surface area (Å²) in [7, 11) is 7.47. The molecule has 2 amide bonds. The molecule has 2 aromatic rings. The van der Waals surface area contributed by atoms with E-state index in [9.17, 15) is 14.4 Å². The molecule has 3 N–H and O–H groups in total. The van der Waals surface area contributed by atoms with Crippen LogP contribution in [0.2, 0.25) is 0 Å². The number of carbonyl (C=O) groups is 3. The maximum absolute atomic E-state index is 11.4. The smallest absolute Gasteiger partial charge is 0.251 e. The number of amides is 2. The predicted octanol–water partition coefficient (Wildman–Crippen LogP) is 4.43. The first-order valence-corrected chi connectivity index (χ1v) is 13.4. The van der Waals surface area contributed by atoms with Gasteiger partial charge in [0.25, 0.3) is 11.8 Å². The minimum atomic E-state index is -0.146. The van der Waals surface area contributed by atoms with Gasteiger partial charge in [0.05, 0.1) is 0 Å². The van der Waals surface area contributed by atoms with Gasteiger partial charge in [-0.25, -0.2) is 0 Å². The Morgan fingerprint density at radius 3 is 1.65 bits per heavy atom. The zero-order valence-electron chi connectivity index (χ0n) is 22.9. The molecular formula is C30H44N4O3. The first-order valence-electron chi connectivity index (χ1n) is 13.4. The van der Waals surface area contributed by atoms with E-state index in [2.05, 4.69) is 47.1 Å². The van der Waals surface area contributed by atoms with Crippen LogP contribution in [0.4, 0.5) is 0 Å². The van der Waals surface area contributed by atoms with E-state index < -0.39 is 0 Å². The topological polar surface area (TPSA) is 90.5 Å². The molecule has 0 spiro atoms. The maximum Gasteiger partial charge on any atom is 0.251 e. The highest BCUT2D eigenvalue weighted by atomic mass is 16.2. The van der Waals surface area contributed by atoms with Crippen molar-refractivity contribution in [3.05, 3.63) is 70.8 Å². The SMILES string of the molecule is CNC(=O)c1ccc(C=O)cc1.CNC(=O)c1ccc(CN(C)C2CCCC2)cc1.CNC1CCCC1. The van der Waals surface area contributed by atoms with E-state index in [0.717, 1.165) is 30.5 Å². The Kier molecular flexibility index (Phi) is 13.6. The second kappa shape index (κ2) is 16.7. The first kappa shape index (κ1) is 30.2. The maximum atomic E-state index is 11.4. The molecule has 0 bridgehead atoms. The van der Waals surface area contributed by atoms with Crippen LogP contribution in [-0.2, 0) is 6.54 Å². The average Bonchev–Trinajstić information content (AvgIpc) is 3.68. The van der Waals surface area contributed by atoms with E-state index >= 15 is 0 Å². The summed E-state index contributed by atoms with van der Waals surface area (Å²) in [5.41, 5.74) is 3.13. The molecule has 0 aromatic heterocycles. The van der Waals surface area contributed by atoms with Crippen molar-refractivity contribution in [1.29, 1.82) is 0 Å². The highest BCUT2D eigenvalue weighted by Crippen LogP contribution is 2.23. The third-order valence-corrected chi connectivity index (χ3v) is 7.12. The van der Waals surface area contributed by atoms with Crippen LogP contribution in [0.5, 0.6) is 0 Å². The summed E-state index contributed by atoms with van der Waals surface area (Å²) in [6.45, 7) is 0.971. The van der Waals surface area contributed by atoms with Crippen LogP contribution in [0.25, 0.3) is 0 Å². The fraction of sp³-hybridized carbons (Fsp3) is 0.500. The fourth-order valence-electron chi connectivity index (χ4n) is 4.74. The van der Waals surface area contributed by atoms with Crippen LogP contribution in [0.1, 0.15) is 88.0 Å². The molecule has 0 atom stereocenters. The standard InChI is InChI=1S/C15H22N2O.C9H9NO2.C6H13N/c1-16-15(18)13-9-7-12(8-10-13)11-17(2)14-5-3-4-6-14;1-10-9(12)8-4-2-7(6-11)3-5-8;1-7-6-4-2-3-5-6/h7-10,14H,3-6,11H2,1-2H3,(H,16,18);2-6H,1H3,(H,10,12);6-7H,2-5H2,1H3. The van der Waals surface area contributed by atoms with Gasteiger partial charge in [-0.2, -0.15) is 0 Å². The van der Waals surface area contributed by atoms with E-state index in [4.69, 9.17) is 0 Å². The summed E-state index contributed by atoms with van der Waals surface area (Å²) in [5, 5.41) is 8.39. The van der Waals surface area contributed by atoms with Gasteiger partial charge in [-0.05, 0) is 69.6 Å². The van der Waals surface area contributed by atoms with E-state index in [-0.39, 0.29) is 11.8 Å². The number of nitrogens with one attached hydrogen (secondary N) is 3. The highest BCUT2D eigenvalue weighted by Gasteiger charge is 2.19. The molecule has 0 saturated heterocycles. The molecule has 7 heteroatoms. The zero-order chi connectivity index (χ0) is 27.0. The van der Waals surface area contributed by atoms with Gasteiger partial charge in [-0.15, -0.1) is 0 Å².